The molecule has 114 valence electrons. The van der Waals surface area contributed by atoms with Gasteiger partial charge in [0.25, 0.3) is 5.91 Å². The number of amides is 1. The summed E-state index contributed by atoms with van der Waals surface area (Å²) < 4.78 is 5.77. The number of hydrogen-bond donors (Lipinski definition) is 0. The van der Waals surface area contributed by atoms with Crippen LogP contribution in [0.1, 0.15) is 25.3 Å². The molecule has 1 heterocycles. The number of carbonyl (C=O) groups excluding carboxylic acids is 1. The average molecular weight is 296 g/mol. The Morgan fingerprint density at radius 1 is 1.23 bits per heavy atom. The van der Waals surface area contributed by atoms with E-state index in [2.05, 4.69) is 4.98 Å². The monoisotopic (exact) mass is 296 g/mol. The van der Waals surface area contributed by atoms with Gasteiger partial charge in [-0.1, -0.05) is 18.2 Å². The molecule has 0 saturated heterocycles. The van der Waals surface area contributed by atoms with Crippen LogP contribution in [-0.4, -0.2) is 27.9 Å². The van der Waals surface area contributed by atoms with Gasteiger partial charge < -0.3 is 9.64 Å². The third-order valence-corrected chi connectivity index (χ3v) is 3.78. The second kappa shape index (κ2) is 6.60. The molecule has 0 radical (unpaired) electrons. The van der Waals surface area contributed by atoms with E-state index >= 15 is 0 Å². The molecule has 4 heteroatoms. The van der Waals surface area contributed by atoms with Gasteiger partial charge in [-0.3, -0.25) is 9.78 Å². The summed E-state index contributed by atoms with van der Waals surface area (Å²) >= 11 is 0. The van der Waals surface area contributed by atoms with Gasteiger partial charge in [0.15, 0.2) is 6.10 Å². The van der Waals surface area contributed by atoms with E-state index in [4.69, 9.17) is 4.74 Å². The Hall–Kier alpha value is -2.36. The Kier molecular flexibility index (Phi) is 4.37. The minimum atomic E-state index is -0.482. The number of pyridine rings is 1. The second-order valence-electron chi connectivity index (χ2n) is 5.63. The van der Waals surface area contributed by atoms with Crippen LogP contribution < -0.4 is 4.74 Å². The Labute approximate surface area is 130 Å². The average Bonchev–Trinajstić information content (AvgIpc) is 3.39. The lowest BCUT2D eigenvalue weighted by molar-refractivity contribution is -0.139. The lowest BCUT2D eigenvalue weighted by Gasteiger charge is -2.26. The summed E-state index contributed by atoms with van der Waals surface area (Å²) in [7, 11) is 0. The van der Waals surface area contributed by atoms with Crippen molar-refractivity contribution in [3.63, 3.8) is 0 Å². The number of rotatable bonds is 6. The van der Waals surface area contributed by atoms with Gasteiger partial charge in [-0.25, -0.2) is 0 Å². The molecule has 0 aliphatic heterocycles. The first kappa shape index (κ1) is 14.6. The lowest BCUT2D eigenvalue weighted by Crippen LogP contribution is -2.41. The van der Waals surface area contributed by atoms with Gasteiger partial charge in [-0.2, -0.15) is 0 Å². The van der Waals surface area contributed by atoms with Crippen LogP contribution in [0.3, 0.4) is 0 Å². The maximum Gasteiger partial charge on any atom is 0.263 e. The van der Waals surface area contributed by atoms with E-state index in [1.807, 2.05) is 54.3 Å². The van der Waals surface area contributed by atoms with E-state index < -0.39 is 6.10 Å². The van der Waals surface area contributed by atoms with Crippen LogP contribution in [0.2, 0.25) is 0 Å². The topological polar surface area (TPSA) is 42.4 Å². The van der Waals surface area contributed by atoms with Crippen molar-refractivity contribution in [2.75, 3.05) is 0 Å². The molecule has 1 saturated carbocycles. The third kappa shape index (κ3) is 3.64. The van der Waals surface area contributed by atoms with Crippen molar-refractivity contribution in [3.05, 3.63) is 60.4 Å². The van der Waals surface area contributed by atoms with Gasteiger partial charge in [-0.05, 0) is 49.6 Å². The summed E-state index contributed by atoms with van der Waals surface area (Å²) in [4.78, 5) is 18.7. The van der Waals surface area contributed by atoms with Gasteiger partial charge in [0.1, 0.15) is 5.75 Å². The zero-order valence-corrected chi connectivity index (χ0v) is 12.7. The molecule has 1 aliphatic carbocycles. The summed E-state index contributed by atoms with van der Waals surface area (Å²) in [6.07, 6.45) is 5.19. The molecule has 1 aromatic carbocycles. The Bertz CT molecular complexity index is 611. The minimum absolute atomic E-state index is 0.0446. The fraction of sp³-hybridized carbons (Fsp3) is 0.333. The van der Waals surface area contributed by atoms with Crippen LogP contribution >= 0.6 is 0 Å². The van der Waals surface area contributed by atoms with E-state index in [1.165, 1.54) is 0 Å². The van der Waals surface area contributed by atoms with Crippen molar-refractivity contribution in [1.82, 2.24) is 9.88 Å². The van der Waals surface area contributed by atoms with E-state index in [1.54, 1.807) is 12.4 Å². The van der Waals surface area contributed by atoms with E-state index in [0.29, 0.717) is 12.6 Å². The Morgan fingerprint density at radius 2 is 1.91 bits per heavy atom. The van der Waals surface area contributed by atoms with Crippen molar-refractivity contribution >= 4 is 5.91 Å². The van der Waals surface area contributed by atoms with Crippen molar-refractivity contribution in [2.24, 2.45) is 0 Å². The van der Waals surface area contributed by atoms with Crippen LogP contribution in [0, 0.1) is 0 Å². The van der Waals surface area contributed by atoms with Crippen molar-refractivity contribution in [3.8, 4) is 5.75 Å². The highest BCUT2D eigenvalue weighted by atomic mass is 16.5. The molecule has 1 unspecified atom stereocenters. The molecule has 0 spiro atoms. The maximum absolute atomic E-state index is 12.7. The highest BCUT2D eigenvalue weighted by Gasteiger charge is 2.35. The fourth-order valence-electron chi connectivity index (χ4n) is 2.45. The first-order chi connectivity index (χ1) is 10.7. The smallest absolute Gasteiger partial charge is 0.263 e. The summed E-state index contributed by atoms with van der Waals surface area (Å²) in [5.41, 5.74) is 1.10. The standard InChI is InChI=1S/C18H20N2O2/c1-14(22-17-5-3-2-4-6-17)18(21)20(16-7-8-16)13-15-9-11-19-12-10-15/h2-6,9-12,14,16H,7-8,13H2,1H3. The summed E-state index contributed by atoms with van der Waals surface area (Å²) in [5, 5.41) is 0. The van der Waals surface area contributed by atoms with Gasteiger partial charge in [0, 0.05) is 25.0 Å². The van der Waals surface area contributed by atoms with Crippen LogP contribution in [0.25, 0.3) is 0 Å². The molecule has 1 atom stereocenters. The molecule has 1 aromatic heterocycles. The number of ether oxygens (including phenoxy) is 1. The summed E-state index contributed by atoms with van der Waals surface area (Å²) in [6, 6.07) is 13.7. The van der Waals surface area contributed by atoms with Crippen molar-refractivity contribution < 1.29 is 9.53 Å². The first-order valence-electron chi connectivity index (χ1n) is 7.65. The van der Waals surface area contributed by atoms with Crippen molar-refractivity contribution in [1.29, 1.82) is 0 Å². The number of hydrogen-bond acceptors (Lipinski definition) is 3. The molecular formula is C18H20N2O2. The largest absolute Gasteiger partial charge is 0.481 e. The quantitative estimate of drug-likeness (QED) is 0.823. The minimum Gasteiger partial charge on any atom is -0.481 e. The normalized spacial score (nSPS) is 15.1. The molecule has 22 heavy (non-hydrogen) atoms. The molecule has 3 rings (SSSR count). The molecule has 0 N–H and O–H groups in total. The lowest BCUT2D eigenvalue weighted by atomic mass is 10.2. The number of aromatic nitrogens is 1. The fourth-order valence-corrected chi connectivity index (χ4v) is 2.45. The summed E-state index contributed by atoms with van der Waals surface area (Å²) in [5.74, 6) is 0.770. The Morgan fingerprint density at radius 3 is 2.55 bits per heavy atom. The van der Waals surface area contributed by atoms with Crippen LogP contribution in [-0.2, 0) is 11.3 Å². The second-order valence-corrected chi connectivity index (χ2v) is 5.63. The molecule has 1 amide bonds. The van der Waals surface area contributed by atoms with E-state index in [-0.39, 0.29) is 5.91 Å². The molecule has 2 aromatic rings. The van der Waals surface area contributed by atoms with E-state index in [9.17, 15) is 4.79 Å². The zero-order chi connectivity index (χ0) is 15.4. The number of carbonyl (C=O) groups is 1. The number of para-hydroxylation sites is 1. The summed E-state index contributed by atoms with van der Waals surface area (Å²) in [6.45, 7) is 2.44. The predicted octanol–water partition coefficient (Wildman–Crippen LogP) is 3.04. The van der Waals surface area contributed by atoms with Crippen LogP contribution in [0.15, 0.2) is 54.9 Å². The number of nitrogens with zero attached hydrogens (tertiary/aromatic N) is 2. The SMILES string of the molecule is CC(Oc1ccccc1)C(=O)N(Cc1ccncc1)C1CC1. The highest BCUT2D eigenvalue weighted by molar-refractivity contribution is 5.81. The van der Waals surface area contributed by atoms with Crippen LogP contribution in [0.4, 0.5) is 0 Å². The molecular weight excluding hydrogens is 276 g/mol. The Balaban J connectivity index is 1.67. The molecule has 4 nitrogen and oxygen atoms in total. The van der Waals surface area contributed by atoms with Crippen molar-refractivity contribution in [2.45, 2.75) is 38.5 Å². The molecule has 1 aliphatic rings. The third-order valence-electron chi connectivity index (χ3n) is 3.78. The van der Waals surface area contributed by atoms with Gasteiger partial charge in [0.2, 0.25) is 0 Å². The highest BCUT2D eigenvalue weighted by Crippen LogP contribution is 2.29. The molecule has 0 bridgehead atoms. The van der Waals surface area contributed by atoms with Gasteiger partial charge >= 0.3 is 0 Å². The van der Waals surface area contributed by atoms with E-state index in [0.717, 1.165) is 24.2 Å². The van der Waals surface area contributed by atoms with Gasteiger partial charge in [0.05, 0.1) is 0 Å². The zero-order valence-electron chi connectivity index (χ0n) is 12.7. The first-order valence-corrected chi connectivity index (χ1v) is 7.65. The van der Waals surface area contributed by atoms with Crippen LogP contribution in [0.5, 0.6) is 5.75 Å². The van der Waals surface area contributed by atoms with Gasteiger partial charge in [-0.15, -0.1) is 0 Å². The number of benzene rings is 1. The molecule has 1 fully saturated rings. The predicted molar refractivity (Wildman–Crippen MR) is 84.3 cm³/mol. The maximum atomic E-state index is 12.7.